The quantitative estimate of drug-likeness (QED) is 0.655. The standard InChI is InChI=1S/C10H11Cl2NO4/c11-7-1-5(10(16)17)2-8(12)9(7)13-3-6(15)4-14/h1-2,6,13-15H,3-4H2,(H,16,17). The summed E-state index contributed by atoms with van der Waals surface area (Å²) < 4.78 is 0. The van der Waals surface area contributed by atoms with Gasteiger partial charge in [-0.25, -0.2) is 4.79 Å². The van der Waals surface area contributed by atoms with Crippen LogP contribution in [0, 0.1) is 0 Å². The summed E-state index contributed by atoms with van der Waals surface area (Å²) in [7, 11) is 0. The van der Waals surface area contributed by atoms with E-state index in [1.807, 2.05) is 0 Å². The Morgan fingerprint density at radius 3 is 2.29 bits per heavy atom. The Balaban J connectivity index is 2.90. The minimum absolute atomic E-state index is 0.0201. The topological polar surface area (TPSA) is 89.8 Å². The number of hydrogen-bond donors (Lipinski definition) is 4. The van der Waals surface area contributed by atoms with Crippen molar-refractivity contribution in [3.8, 4) is 0 Å². The molecule has 0 bridgehead atoms. The summed E-state index contributed by atoms with van der Waals surface area (Å²) in [6.07, 6.45) is -0.943. The van der Waals surface area contributed by atoms with Gasteiger partial charge in [-0.3, -0.25) is 0 Å². The van der Waals surface area contributed by atoms with E-state index in [-0.39, 0.29) is 22.2 Å². The molecule has 0 spiro atoms. The average molecular weight is 280 g/mol. The lowest BCUT2D eigenvalue weighted by molar-refractivity contribution is 0.0697. The largest absolute Gasteiger partial charge is 0.478 e. The number of hydrogen-bond acceptors (Lipinski definition) is 4. The van der Waals surface area contributed by atoms with Crippen LogP contribution >= 0.6 is 23.2 Å². The second kappa shape index (κ2) is 6.07. The van der Waals surface area contributed by atoms with Crippen LogP contribution in [0.15, 0.2) is 12.1 Å². The summed E-state index contributed by atoms with van der Waals surface area (Å²) in [6, 6.07) is 2.51. The van der Waals surface area contributed by atoms with Crippen molar-refractivity contribution in [1.29, 1.82) is 0 Å². The van der Waals surface area contributed by atoms with Crippen LogP contribution in [-0.2, 0) is 0 Å². The maximum atomic E-state index is 10.7. The number of benzene rings is 1. The van der Waals surface area contributed by atoms with E-state index in [2.05, 4.69) is 5.32 Å². The van der Waals surface area contributed by atoms with Crippen LogP contribution in [0.25, 0.3) is 0 Å². The van der Waals surface area contributed by atoms with E-state index in [4.69, 9.17) is 38.5 Å². The van der Waals surface area contributed by atoms with E-state index in [1.165, 1.54) is 12.1 Å². The Kier molecular flexibility index (Phi) is 5.02. The van der Waals surface area contributed by atoms with Crippen molar-refractivity contribution in [2.24, 2.45) is 0 Å². The zero-order chi connectivity index (χ0) is 13.0. The Hall–Kier alpha value is -1.01. The third kappa shape index (κ3) is 3.74. The van der Waals surface area contributed by atoms with Gasteiger partial charge in [-0.2, -0.15) is 0 Å². The van der Waals surface area contributed by atoms with E-state index in [0.717, 1.165) is 0 Å². The van der Waals surface area contributed by atoms with Gasteiger partial charge in [0.05, 0.1) is 34.0 Å². The predicted molar refractivity (Wildman–Crippen MR) is 65.0 cm³/mol. The average Bonchev–Trinajstić information content (AvgIpc) is 2.27. The zero-order valence-electron chi connectivity index (χ0n) is 8.65. The molecular weight excluding hydrogens is 269 g/mol. The normalized spacial score (nSPS) is 12.2. The summed E-state index contributed by atoms with van der Waals surface area (Å²) in [5, 5.41) is 29.6. The minimum Gasteiger partial charge on any atom is -0.478 e. The van der Waals surface area contributed by atoms with E-state index >= 15 is 0 Å². The second-order valence-corrected chi connectivity index (χ2v) is 4.15. The predicted octanol–water partition coefficient (Wildman–Crippen LogP) is 1.46. The van der Waals surface area contributed by atoms with E-state index in [9.17, 15) is 4.79 Å². The van der Waals surface area contributed by atoms with Crippen LogP contribution in [0.4, 0.5) is 5.69 Å². The first-order valence-corrected chi connectivity index (χ1v) is 5.46. The second-order valence-electron chi connectivity index (χ2n) is 3.34. The molecule has 0 amide bonds. The number of carboxylic acids is 1. The van der Waals surface area contributed by atoms with Crippen molar-refractivity contribution in [2.75, 3.05) is 18.5 Å². The molecule has 0 radical (unpaired) electrons. The van der Waals surface area contributed by atoms with Crippen LogP contribution in [0.1, 0.15) is 10.4 Å². The Labute approximate surface area is 108 Å². The molecule has 0 aliphatic heterocycles. The van der Waals surface area contributed by atoms with Crippen molar-refractivity contribution in [3.05, 3.63) is 27.7 Å². The molecule has 5 nitrogen and oxygen atoms in total. The van der Waals surface area contributed by atoms with Gasteiger partial charge in [0.15, 0.2) is 0 Å². The fourth-order valence-corrected chi connectivity index (χ4v) is 1.77. The van der Waals surface area contributed by atoms with Gasteiger partial charge in [-0.1, -0.05) is 23.2 Å². The number of halogens is 2. The van der Waals surface area contributed by atoms with Crippen molar-refractivity contribution >= 4 is 34.9 Å². The minimum atomic E-state index is -1.13. The van der Waals surface area contributed by atoms with Gasteiger partial charge in [-0.15, -0.1) is 0 Å². The summed E-state index contributed by atoms with van der Waals surface area (Å²) in [5.74, 6) is -1.13. The number of anilines is 1. The summed E-state index contributed by atoms with van der Waals surface area (Å²) in [6.45, 7) is -0.336. The molecule has 0 heterocycles. The fraction of sp³-hybridized carbons (Fsp3) is 0.300. The molecule has 0 fully saturated rings. The molecule has 1 aromatic rings. The summed E-state index contributed by atoms with van der Waals surface area (Å²) >= 11 is 11.7. The number of rotatable bonds is 5. The molecule has 1 atom stereocenters. The van der Waals surface area contributed by atoms with Crippen LogP contribution in [0.5, 0.6) is 0 Å². The summed E-state index contributed by atoms with van der Waals surface area (Å²) in [4.78, 5) is 10.7. The molecule has 4 N–H and O–H groups in total. The first-order valence-electron chi connectivity index (χ1n) is 4.70. The highest BCUT2D eigenvalue weighted by molar-refractivity contribution is 6.39. The van der Waals surface area contributed by atoms with Gasteiger partial charge in [0.2, 0.25) is 0 Å². The number of aromatic carboxylic acids is 1. The Morgan fingerprint density at radius 2 is 1.88 bits per heavy atom. The monoisotopic (exact) mass is 279 g/mol. The third-order valence-corrected chi connectivity index (χ3v) is 2.61. The molecular formula is C10H11Cl2NO4. The highest BCUT2D eigenvalue weighted by Crippen LogP contribution is 2.31. The Bertz CT molecular complexity index is 402. The van der Waals surface area contributed by atoms with E-state index in [0.29, 0.717) is 5.69 Å². The first kappa shape index (κ1) is 14.1. The van der Waals surface area contributed by atoms with E-state index < -0.39 is 18.7 Å². The zero-order valence-corrected chi connectivity index (χ0v) is 10.2. The van der Waals surface area contributed by atoms with Crippen molar-refractivity contribution < 1.29 is 20.1 Å². The van der Waals surface area contributed by atoms with Crippen LogP contribution < -0.4 is 5.32 Å². The molecule has 0 saturated heterocycles. The van der Waals surface area contributed by atoms with Crippen LogP contribution in [-0.4, -0.2) is 40.5 Å². The molecule has 0 aliphatic rings. The lowest BCUT2D eigenvalue weighted by Crippen LogP contribution is -2.23. The molecule has 17 heavy (non-hydrogen) atoms. The maximum Gasteiger partial charge on any atom is 0.335 e. The van der Waals surface area contributed by atoms with Gasteiger partial charge in [0.25, 0.3) is 0 Å². The molecule has 0 saturated carbocycles. The maximum absolute atomic E-state index is 10.7. The molecule has 94 valence electrons. The molecule has 7 heteroatoms. The number of carboxylic acid groups (broad SMARTS) is 1. The molecule has 1 unspecified atom stereocenters. The van der Waals surface area contributed by atoms with Gasteiger partial charge in [0, 0.05) is 6.54 Å². The van der Waals surface area contributed by atoms with Gasteiger partial charge >= 0.3 is 5.97 Å². The van der Waals surface area contributed by atoms with Crippen molar-refractivity contribution in [3.63, 3.8) is 0 Å². The summed E-state index contributed by atoms with van der Waals surface area (Å²) in [5.41, 5.74) is 0.305. The third-order valence-electron chi connectivity index (χ3n) is 2.01. The smallest absolute Gasteiger partial charge is 0.335 e. The van der Waals surface area contributed by atoms with Gasteiger partial charge in [-0.05, 0) is 12.1 Å². The molecule has 0 aromatic heterocycles. The van der Waals surface area contributed by atoms with E-state index in [1.54, 1.807) is 0 Å². The lowest BCUT2D eigenvalue weighted by atomic mass is 10.2. The number of carbonyl (C=O) groups is 1. The highest BCUT2D eigenvalue weighted by atomic mass is 35.5. The van der Waals surface area contributed by atoms with Crippen LogP contribution in [0.3, 0.4) is 0 Å². The van der Waals surface area contributed by atoms with Gasteiger partial charge < -0.3 is 20.6 Å². The lowest BCUT2D eigenvalue weighted by Gasteiger charge is -2.13. The number of aliphatic hydroxyl groups excluding tert-OH is 2. The van der Waals surface area contributed by atoms with Crippen molar-refractivity contribution in [1.82, 2.24) is 0 Å². The fourth-order valence-electron chi connectivity index (χ4n) is 1.15. The number of aliphatic hydroxyl groups is 2. The number of nitrogens with one attached hydrogen (secondary N) is 1. The SMILES string of the molecule is O=C(O)c1cc(Cl)c(NCC(O)CO)c(Cl)c1. The molecule has 0 aliphatic carbocycles. The first-order chi connectivity index (χ1) is 7.95. The van der Waals surface area contributed by atoms with Crippen molar-refractivity contribution in [2.45, 2.75) is 6.10 Å². The molecule has 1 aromatic carbocycles. The molecule has 1 rings (SSSR count). The van der Waals surface area contributed by atoms with Crippen LogP contribution in [0.2, 0.25) is 10.0 Å². The Morgan fingerprint density at radius 1 is 1.35 bits per heavy atom. The highest BCUT2D eigenvalue weighted by Gasteiger charge is 2.13. The van der Waals surface area contributed by atoms with Gasteiger partial charge in [0.1, 0.15) is 0 Å².